The first-order chi connectivity index (χ1) is 12.0. The third-order valence-electron chi connectivity index (χ3n) is 3.79. The van der Waals surface area contributed by atoms with Gasteiger partial charge in [-0.2, -0.15) is 0 Å². The molecule has 0 aliphatic heterocycles. The van der Waals surface area contributed by atoms with Gasteiger partial charge in [0.05, 0.1) is 11.6 Å². The van der Waals surface area contributed by atoms with Crippen molar-refractivity contribution in [3.8, 4) is 5.69 Å². The lowest BCUT2D eigenvalue weighted by Gasteiger charge is -2.03. The summed E-state index contributed by atoms with van der Waals surface area (Å²) in [4.78, 5) is 16.5. The van der Waals surface area contributed by atoms with Gasteiger partial charge < -0.3 is 15.3 Å². The Labute approximate surface area is 143 Å². The highest BCUT2D eigenvalue weighted by molar-refractivity contribution is 5.38. The number of aryl methyl sites for hydroxylation is 2. The first kappa shape index (κ1) is 16.4. The van der Waals surface area contributed by atoms with Gasteiger partial charge in [0.25, 0.3) is 5.49 Å². The zero-order valence-electron chi connectivity index (χ0n) is 13.8. The van der Waals surface area contributed by atoms with Gasteiger partial charge in [-0.15, -0.1) is 0 Å². The molecule has 0 radical (unpaired) electrons. The van der Waals surface area contributed by atoms with Crippen molar-refractivity contribution in [3.05, 3.63) is 80.8 Å². The highest BCUT2D eigenvalue weighted by Crippen LogP contribution is 2.13. The normalized spacial score (nSPS) is 11.7. The molecular formula is C17H17N5O3. The number of para-hydroxylation sites is 1. The minimum atomic E-state index is -0.657. The number of nitrogens with zero attached hydrogens (tertiary/aromatic N) is 5. The average Bonchev–Trinajstić information content (AvgIpc) is 2.92. The van der Waals surface area contributed by atoms with E-state index < -0.39 is 10.7 Å². The van der Waals surface area contributed by atoms with Gasteiger partial charge >= 0.3 is 5.82 Å². The van der Waals surface area contributed by atoms with E-state index >= 15 is 0 Å². The summed E-state index contributed by atoms with van der Waals surface area (Å²) in [6.45, 7) is 3.99. The van der Waals surface area contributed by atoms with Gasteiger partial charge in [0, 0.05) is 0 Å². The fraction of sp³-hybridized carbons (Fsp3) is 0.176. The van der Waals surface area contributed by atoms with Crippen LogP contribution in [0.4, 0.5) is 5.82 Å². The van der Waals surface area contributed by atoms with Crippen molar-refractivity contribution >= 4 is 5.82 Å². The lowest BCUT2D eigenvalue weighted by molar-refractivity contribution is -0.391. The summed E-state index contributed by atoms with van der Waals surface area (Å²) in [7, 11) is 0. The number of hydrogen-bond donors (Lipinski definition) is 1. The molecule has 0 atom stereocenters. The van der Waals surface area contributed by atoms with Gasteiger partial charge in [-0.25, -0.2) is 0 Å². The van der Waals surface area contributed by atoms with Crippen LogP contribution in [0.25, 0.3) is 5.69 Å². The molecule has 0 amide bonds. The second-order valence-corrected chi connectivity index (χ2v) is 5.67. The monoisotopic (exact) mass is 339 g/mol. The molecule has 0 unspecified atom stereocenters. The fourth-order valence-corrected chi connectivity index (χ4v) is 2.41. The first-order valence-corrected chi connectivity index (χ1v) is 7.65. The van der Waals surface area contributed by atoms with Crippen LogP contribution in [0.1, 0.15) is 16.7 Å². The Kier molecular flexibility index (Phi) is 4.34. The van der Waals surface area contributed by atoms with Crippen LogP contribution in [-0.4, -0.2) is 24.9 Å². The van der Waals surface area contributed by atoms with Crippen LogP contribution in [0.2, 0.25) is 0 Å². The molecule has 25 heavy (non-hydrogen) atoms. The van der Waals surface area contributed by atoms with E-state index in [1.165, 1.54) is 0 Å². The highest BCUT2D eigenvalue weighted by Gasteiger charge is 2.24. The second kappa shape index (κ2) is 6.60. The Morgan fingerprint density at radius 2 is 1.84 bits per heavy atom. The van der Waals surface area contributed by atoms with Crippen molar-refractivity contribution in [2.75, 3.05) is 0 Å². The quantitative estimate of drug-likeness (QED) is 0.448. The van der Waals surface area contributed by atoms with E-state index in [1.54, 1.807) is 12.1 Å². The van der Waals surface area contributed by atoms with Gasteiger partial charge in [0.15, 0.2) is 0 Å². The molecule has 128 valence electrons. The number of aromatic nitrogens is 3. The Hall–Kier alpha value is -3.42. The molecule has 0 spiro atoms. The zero-order chi connectivity index (χ0) is 18.0. The molecule has 0 fully saturated rings. The Morgan fingerprint density at radius 3 is 2.48 bits per heavy atom. The minimum Gasteiger partial charge on any atom is -0.409 e. The van der Waals surface area contributed by atoms with E-state index in [0.717, 1.165) is 21.5 Å². The van der Waals surface area contributed by atoms with Crippen molar-refractivity contribution in [2.24, 2.45) is 4.99 Å². The Balaban J connectivity index is 2.09. The lowest BCUT2D eigenvalue weighted by Crippen LogP contribution is -2.22. The molecule has 0 saturated carbocycles. The average molecular weight is 339 g/mol. The van der Waals surface area contributed by atoms with Gasteiger partial charge in [0.2, 0.25) is 0 Å². The molecule has 2 aromatic carbocycles. The van der Waals surface area contributed by atoms with Crippen LogP contribution in [-0.2, 0) is 6.54 Å². The molecule has 1 aromatic heterocycles. The third kappa shape index (κ3) is 3.27. The maximum absolute atomic E-state index is 11.3. The van der Waals surface area contributed by atoms with Crippen molar-refractivity contribution in [1.29, 1.82) is 0 Å². The summed E-state index contributed by atoms with van der Waals surface area (Å²) in [6, 6.07) is 14.8. The Morgan fingerprint density at radius 1 is 1.16 bits per heavy atom. The largest absolute Gasteiger partial charge is 0.438 e. The van der Waals surface area contributed by atoms with Crippen molar-refractivity contribution < 1.29 is 10.1 Å². The molecule has 8 heteroatoms. The SMILES string of the molecule is Cc1ccc(CN=c2c([N+](=O)[O-])nn(-c3ccccc3C)n2O)cc1. The molecule has 0 bridgehead atoms. The molecule has 8 nitrogen and oxygen atoms in total. The molecule has 3 rings (SSSR count). The number of nitro groups is 1. The smallest absolute Gasteiger partial charge is 0.409 e. The van der Waals surface area contributed by atoms with Gasteiger partial charge in [-0.3, -0.25) is 4.99 Å². The Bertz CT molecular complexity index is 986. The number of benzene rings is 2. The van der Waals surface area contributed by atoms with E-state index in [4.69, 9.17) is 0 Å². The van der Waals surface area contributed by atoms with Crippen LogP contribution < -0.4 is 5.49 Å². The predicted molar refractivity (Wildman–Crippen MR) is 90.6 cm³/mol. The van der Waals surface area contributed by atoms with Crippen LogP contribution in [0.5, 0.6) is 0 Å². The zero-order valence-corrected chi connectivity index (χ0v) is 13.8. The van der Waals surface area contributed by atoms with E-state index in [9.17, 15) is 15.3 Å². The summed E-state index contributed by atoms with van der Waals surface area (Å²) >= 11 is 0. The van der Waals surface area contributed by atoms with Crippen molar-refractivity contribution in [2.45, 2.75) is 20.4 Å². The molecule has 3 aromatic rings. The van der Waals surface area contributed by atoms with Crippen LogP contribution >= 0.6 is 0 Å². The molecular weight excluding hydrogens is 322 g/mol. The van der Waals surface area contributed by atoms with Crippen LogP contribution in [0.15, 0.2) is 53.5 Å². The van der Waals surface area contributed by atoms with E-state index in [-0.39, 0.29) is 12.0 Å². The van der Waals surface area contributed by atoms with E-state index in [2.05, 4.69) is 10.1 Å². The summed E-state index contributed by atoms with van der Waals surface area (Å²) < 4.78 is 0. The summed E-state index contributed by atoms with van der Waals surface area (Å²) in [5, 5.41) is 25.6. The summed E-state index contributed by atoms with van der Waals surface area (Å²) in [5.41, 5.74) is 3.13. The molecule has 0 saturated heterocycles. The molecule has 1 heterocycles. The summed E-state index contributed by atoms with van der Waals surface area (Å²) in [5.74, 6) is -0.502. The highest BCUT2D eigenvalue weighted by atomic mass is 16.6. The lowest BCUT2D eigenvalue weighted by atomic mass is 10.1. The fourth-order valence-electron chi connectivity index (χ4n) is 2.41. The maximum atomic E-state index is 11.3. The number of rotatable bonds is 4. The maximum Gasteiger partial charge on any atom is 0.438 e. The van der Waals surface area contributed by atoms with Crippen molar-refractivity contribution in [1.82, 2.24) is 14.7 Å². The van der Waals surface area contributed by atoms with Gasteiger partial charge in [0.1, 0.15) is 5.69 Å². The van der Waals surface area contributed by atoms with E-state index in [0.29, 0.717) is 10.5 Å². The van der Waals surface area contributed by atoms with E-state index in [1.807, 2.05) is 50.2 Å². The first-order valence-electron chi connectivity index (χ1n) is 7.65. The number of hydrogen-bond acceptors (Lipinski definition) is 5. The van der Waals surface area contributed by atoms with Gasteiger partial charge in [-0.1, -0.05) is 52.9 Å². The summed E-state index contributed by atoms with van der Waals surface area (Å²) in [6.07, 6.45) is 0. The second-order valence-electron chi connectivity index (χ2n) is 5.67. The topological polar surface area (TPSA) is 98.5 Å². The van der Waals surface area contributed by atoms with Crippen LogP contribution in [0, 0.1) is 24.0 Å². The third-order valence-corrected chi connectivity index (χ3v) is 3.79. The minimum absolute atomic E-state index is 0.196. The molecule has 1 N–H and O–H groups in total. The molecule has 0 aliphatic rings. The van der Waals surface area contributed by atoms with Gasteiger partial charge in [-0.05, 0) is 40.8 Å². The standard InChI is InChI=1S/C17H17N5O3/c1-12-7-9-14(10-8-12)11-18-16-17(22(24)25)19-20(21(16)23)15-6-4-3-5-13(15)2/h3-10,23H,11H2,1-2H3. The predicted octanol–water partition coefficient (Wildman–Crippen LogP) is 2.54. The van der Waals surface area contributed by atoms with Crippen molar-refractivity contribution in [3.63, 3.8) is 0 Å². The molecule has 0 aliphatic carbocycles. The van der Waals surface area contributed by atoms with Crippen LogP contribution in [0.3, 0.4) is 0 Å².